The molecule has 54 heavy (non-hydrogen) atoms. The molecule has 5 aromatic carbocycles. The molecule has 2 heteroatoms. The third-order valence-corrected chi connectivity index (χ3v) is 12.0. The van der Waals surface area contributed by atoms with Crippen molar-refractivity contribution in [2.24, 2.45) is 5.92 Å². The van der Waals surface area contributed by atoms with Crippen LogP contribution in [0.4, 0.5) is 17.1 Å². The molecular formula is C52H50N2. The summed E-state index contributed by atoms with van der Waals surface area (Å²) >= 11 is 0. The van der Waals surface area contributed by atoms with Crippen molar-refractivity contribution in [2.75, 3.05) is 9.80 Å². The summed E-state index contributed by atoms with van der Waals surface area (Å²) in [6.45, 7) is 4.76. The summed E-state index contributed by atoms with van der Waals surface area (Å²) in [6, 6.07) is 39.1. The van der Waals surface area contributed by atoms with E-state index < -0.39 is 0 Å². The maximum absolute atomic E-state index is 2.62. The van der Waals surface area contributed by atoms with E-state index in [4.69, 9.17) is 0 Å². The van der Waals surface area contributed by atoms with E-state index in [0.717, 1.165) is 25.7 Å². The number of fused-ring (bicyclic) bond motifs is 2. The third kappa shape index (κ3) is 6.38. The van der Waals surface area contributed by atoms with Gasteiger partial charge >= 0.3 is 0 Å². The molecule has 4 aliphatic rings. The summed E-state index contributed by atoms with van der Waals surface area (Å²) in [5.74, 6) is 0.855. The fourth-order valence-electron chi connectivity index (χ4n) is 9.29. The van der Waals surface area contributed by atoms with E-state index in [-0.39, 0.29) is 0 Å². The minimum absolute atomic E-state index is 0.323. The van der Waals surface area contributed by atoms with Crippen LogP contribution < -0.4 is 9.80 Å². The largest absolute Gasteiger partial charge is 0.338 e. The first-order valence-corrected chi connectivity index (χ1v) is 20.2. The molecule has 268 valence electrons. The van der Waals surface area contributed by atoms with Gasteiger partial charge in [0.05, 0.1) is 6.04 Å². The molecule has 5 aromatic rings. The van der Waals surface area contributed by atoms with Gasteiger partial charge in [-0.1, -0.05) is 135 Å². The predicted octanol–water partition coefficient (Wildman–Crippen LogP) is 14.5. The maximum atomic E-state index is 2.62. The topological polar surface area (TPSA) is 6.48 Å². The molecule has 4 aliphatic carbocycles. The average Bonchev–Trinajstić information content (AvgIpc) is 3.23. The van der Waals surface area contributed by atoms with Crippen molar-refractivity contribution in [1.29, 1.82) is 0 Å². The van der Waals surface area contributed by atoms with Crippen LogP contribution in [-0.4, -0.2) is 6.04 Å². The lowest BCUT2D eigenvalue weighted by atomic mass is 9.76. The summed E-state index contributed by atoms with van der Waals surface area (Å²) in [5, 5.41) is 2.64. The van der Waals surface area contributed by atoms with Crippen LogP contribution in [0.3, 0.4) is 0 Å². The van der Waals surface area contributed by atoms with Gasteiger partial charge in [-0.3, -0.25) is 0 Å². The van der Waals surface area contributed by atoms with Crippen molar-refractivity contribution in [2.45, 2.75) is 70.8 Å². The number of para-hydroxylation sites is 1. The smallest absolute Gasteiger partial charge is 0.0582 e. The lowest BCUT2D eigenvalue weighted by Gasteiger charge is -2.38. The molecule has 0 bridgehead atoms. The first-order chi connectivity index (χ1) is 26.7. The van der Waals surface area contributed by atoms with Gasteiger partial charge in [-0.25, -0.2) is 0 Å². The van der Waals surface area contributed by atoms with E-state index in [9.17, 15) is 0 Å². The van der Waals surface area contributed by atoms with Gasteiger partial charge in [-0.2, -0.15) is 0 Å². The maximum Gasteiger partial charge on any atom is 0.0582 e. The molecule has 2 nitrogen and oxygen atoms in total. The highest BCUT2D eigenvalue weighted by Gasteiger charge is 2.28. The van der Waals surface area contributed by atoms with Crippen molar-refractivity contribution >= 4 is 33.9 Å². The van der Waals surface area contributed by atoms with Gasteiger partial charge in [-0.15, -0.1) is 0 Å². The van der Waals surface area contributed by atoms with Crippen molar-refractivity contribution in [3.8, 4) is 22.3 Å². The lowest BCUT2D eigenvalue weighted by Crippen LogP contribution is -2.38. The molecule has 0 saturated carbocycles. The Morgan fingerprint density at radius 3 is 1.96 bits per heavy atom. The standard InChI is InChI=1S/C52H50N2/c1-37-17-12-15-28-49(37)54(43-23-10-5-11-24-43)45-35-29-39(30-36-45)51-46-25-13-14-26-47(46)52(50-38(2)18-16-27-48(50)51)40-31-33-44(34-32-40)53(41-19-6-3-7-20-41)42-21-8-4-9-22-42/h3-4,6-8,12-17,19-21,23,25-38,49H,5,9-11,18,22,24H2,1-2H3/t37-,38?,49?/m1/s1. The number of hydrogen-bond acceptors (Lipinski definition) is 2. The minimum Gasteiger partial charge on any atom is -0.338 e. The van der Waals surface area contributed by atoms with Crippen molar-refractivity contribution < 1.29 is 0 Å². The van der Waals surface area contributed by atoms with Gasteiger partial charge in [-0.05, 0) is 143 Å². The van der Waals surface area contributed by atoms with Gasteiger partial charge < -0.3 is 9.80 Å². The fourth-order valence-corrected chi connectivity index (χ4v) is 9.29. The zero-order valence-electron chi connectivity index (χ0n) is 31.7. The van der Waals surface area contributed by atoms with Crippen LogP contribution in [0, 0.1) is 5.92 Å². The van der Waals surface area contributed by atoms with Crippen LogP contribution in [-0.2, 0) is 0 Å². The Morgan fingerprint density at radius 2 is 1.26 bits per heavy atom. The van der Waals surface area contributed by atoms with Crippen LogP contribution in [0.5, 0.6) is 0 Å². The molecule has 0 aromatic heterocycles. The van der Waals surface area contributed by atoms with Gasteiger partial charge in [0.2, 0.25) is 0 Å². The summed E-state index contributed by atoms with van der Waals surface area (Å²) in [6.07, 6.45) is 31.2. The number of allylic oxidation sites excluding steroid dienone is 9. The SMILES string of the molecule is CC1CC=Cc2c1c(-c1ccc(N(C3=CC=CCC3)c3ccccc3)cc1)c1ccccc1c2-c1ccc(N(C2=CCCCC2)C2C=CC=C[C@H]2C)cc1. The molecular weight excluding hydrogens is 653 g/mol. The van der Waals surface area contributed by atoms with E-state index in [0.29, 0.717) is 17.9 Å². The highest BCUT2D eigenvalue weighted by Crippen LogP contribution is 2.48. The summed E-state index contributed by atoms with van der Waals surface area (Å²) in [4.78, 5) is 5.04. The Balaban J connectivity index is 1.15. The van der Waals surface area contributed by atoms with E-state index in [1.807, 2.05) is 0 Å². The Morgan fingerprint density at radius 1 is 0.574 bits per heavy atom. The van der Waals surface area contributed by atoms with E-state index in [1.165, 1.54) is 91.9 Å². The molecule has 0 N–H and O–H groups in total. The van der Waals surface area contributed by atoms with Crippen molar-refractivity contribution in [3.63, 3.8) is 0 Å². The number of rotatable bonds is 8. The zero-order chi connectivity index (χ0) is 36.4. The Bertz CT molecular complexity index is 2330. The average molecular weight is 703 g/mol. The molecule has 0 spiro atoms. The highest BCUT2D eigenvalue weighted by molar-refractivity contribution is 6.10. The Kier molecular flexibility index (Phi) is 9.52. The van der Waals surface area contributed by atoms with E-state index in [2.05, 4.69) is 188 Å². The minimum atomic E-state index is 0.323. The molecule has 0 amide bonds. The number of hydrogen-bond donors (Lipinski definition) is 0. The van der Waals surface area contributed by atoms with Crippen LogP contribution in [0.2, 0.25) is 0 Å². The lowest BCUT2D eigenvalue weighted by molar-refractivity contribution is 0.567. The molecule has 0 heterocycles. The molecule has 0 fully saturated rings. The third-order valence-electron chi connectivity index (χ3n) is 12.0. The van der Waals surface area contributed by atoms with E-state index in [1.54, 1.807) is 0 Å². The van der Waals surface area contributed by atoms with Gasteiger partial charge in [0.15, 0.2) is 0 Å². The van der Waals surface area contributed by atoms with Crippen LogP contribution in [0.15, 0.2) is 169 Å². The van der Waals surface area contributed by atoms with Crippen LogP contribution in [0.25, 0.3) is 39.1 Å². The monoisotopic (exact) mass is 702 g/mol. The summed E-state index contributed by atoms with van der Waals surface area (Å²) in [5.41, 5.74) is 14.6. The van der Waals surface area contributed by atoms with Crippen molar-refractivity contribution in [3.05, 3.63) is 180 Å². The number of nitrogens with zero attached hydrogens (tertiary/aromatic N) is 2. The zero-order valence-corrected chi connectivity index (χ0v) is 31.7. The molecule has 9 rings (SSSR count). The second-order valence-electron chi connectivity index (χ2n) is 15.5. The molecule has 3 atom stereocenters. The normalized spacial score (nSPS) is 20.4. The van der Waals surface area contributed by atoms with Crippen LogP contribution >= 0.6 is 0 Å². The van der Waals surface area contributed by atoms with Gasteiger partial charge in [0, 0.05) is 28.5 Å². The second-order valence-corrected chi connectivity index (χ2v) is 15.5. The molecule has 2 unspecified atom stereocenters. The summed E-state index contributed by atoms with van der Waals surface area (Å²) < 4.78 is 0. The first-order valence-electron chi connectivity index (χ1n) is 20.2. The second kappa shape index (κ2) is 15.0. The van der Waals surface area contributed by atoms with Gasteiger partial charge in [0.25, 0.3) is 0 Å². The fraction of sp³-hybridized carbons (Fsp3) is 0.231. The molecule has 0 radical (unpaired) electrons. The molecule has 0 aliphatic heterocycles. The first kappa shape index (κ1) is 34.2. The summed E-state index contributed by atoms with van der Waals surface area (Å²) in [7, 11) is 0. The quantitative estimate of drug-likeness (QED) is 0.159. The Hall–Kier alpha value is -5.60. The number of benzene rings is 5. The predicted molar refractivity (Wildman–Crippen MR) is 232 cm³/mol. The van der Waals surface area contributed by atoms with Crippen LogP contribution in [0.1, 0.15) is 75.8 Å². The van der Waals surface area contributed by atoms with Gasteiger partial charge in [0.1, 0.15) is 0 Å². The Labute approximate surface area is 321 Å². The highest BCUT2D eigenvalue weighted by atomic mass is 15.2. The van der Waals surface area contributed by atoms with Crippen molar-refractivity contribution in [1.82, 2.24) is 0 Å². The van der Waals surface area contributed by atoms with E-state index >= 15 is 0 Å². The molecule has 0 saturated heterocycles. The number of anilines is 3.